The molecule has 4 nitrogen and oxygen atoms in total. The Bertz CT molecular complexity index is 989. The van der Waals surface area contributed by atoms with Crippen molar-refractivity contribution in [3.63, 3.8) is 0 Å². The molecule has 0 radical (unpaired) electrons. The molecule has 0 fully saturated rings. The van der Waals surface area contributed by atoms with Crippen LogP contribution < -0.4 is 9.64 Å². The third-order valence-corrected chi connectivity index (χ3v) is 5.94. The van der Waals surface area contributed by atoms with Crippen molar-refractivity contribution in [3.05, 3.63) is 70.4 Å². The van der Waals surface area contributed by atoms with Crippen molar-refractivity contribution in [2.45, 2.75) is 45.4 Å². The first-order valence-corrected chi connectivity index (χ1v) is 9.80. The third-order valence-electron chi connectivity index (χ3n) is 5.94. The maximum absolute atomic E-state index is 13.3. The summed E-state index contributed by atoms with van der Waals surface area (Å²) < 4.78 is 5.53. The molecule has 2 aromatic carbocycles. The second-order valence-electron chi connectivity index (χ2n) is 7.63. The minimum absolute atomic E-state index is 0.0348. The van der Waals surface area contributed by atoms with Crippen LogP contribution in [-0.2, 0) is 9.59 Å². The van der Waals surface area contributed by atoms with Crippen LogP contribution in [0.3, 0.4) is 0 Å². The number of Topliss-reactive ketones (excluding diaryl/α,β-unsaturated/α-hetero) is 1. The molecule has 1 amide bonds. The van der Waals surface area contributed by atoms with Crippen LogP contribution in [-0.4, -0.2) is 18.8 Å². The number of amides is 1. The van der Waals surface area contributed by atoms with Crippen LogP contribution in [0.15, 0.2) is 53.7 Å². The summed E-state index contributed by atoms with van der Waals surface area (Å²) in [7, 11) is 1.63. The molecule has 1 aliphatic heterocycles. The van der Waals surface area contributed by atoms with E-state index in [0.29, 0.717) is 6.42 Å². The van der Waals surface area contributed by atoms with E-state index in [-0.39, 0.29) is 24.0 Å². The van der Waals surface area contributed by atoms with E-state index in [9.17, 15) is 9.59 Å². The van der Waals surface area contributed by atoms with Gasteiger partial charge in [0.2, 0.25) is 5.91 Å². The van der Waals surface area contributed by atoms with Gasteiger partial charge in [0, 0.05) is 41.3 Å². The van der Waals surface area contributed by atoms with Crippen molar-refractivity contribution in [1.82, 2.24) is 0 Å². The first-order valence-electron chi connectivity index (χ1n) is 9.80. The molecule has 0 bridgehead atoms. The van der Waals surface area contributed by atoms with E-state index in [4.69, 9.17) is 4.74 Å². The average molecular weight is 375 g/mol. The van der Waals surface area contributed by atoms with E-state index in [1.54, 1.807) is 12.0 Å². The van der Waals surface area contributed by atoms with Crippen molar-refractivity contribution in [1.29, 1.82) is 0 Å². The average Bonchev–Trinajstić information content (AvgIpc) is 2.70. The largest absolute Gasteiger partial charge is 0.496 e. The summed E-state index contributed by atoms with van der Waals surface area (Å²) >= 11 is 0. The monoisotopic (exact) mass is 375 g/mol. The Hall–Kier alpha value is -2.88. The molecule has 0 saturated heterocycles. The summed E-state index contributed by atoms with van der Waals surface area (Å²) in [6.07, 6.45) is 2.34. The summed E-state index contributed by atoms with van der Waals surface area (Å²) in [6.45, 7) is 4.11. The highest BCUT2D eigenvalue weighted by molar-refractivity contribution is 6.07. The van der Waals surface area contributed by atoms with Crippen molar-refractivity contribution in [3.8, 4) is 5.75 Å². The van der Waals surface area contributed by atoms with Gasteiger partial charge in [0.05, 0.1) is 7.11 Å². The lowest BCUT2D eigenvalue weighted by Gasteiger charge is -2.38. The number of ketones is 1. The van der Waals surface area contributed by atoms with Gasteiger partial charge in [0.15, 0.2) is 5.78 Å². The number of nitrogens with zero attached hydrogens (tertiary/aromatic N) is 1. The topological polar surface area (TPSA) is 46.6 Å². The van der Waals surface area contributed by atoms with Crippen LogP contribution in [0, 0.1) is 13.8 Å². The van der Waals surface area contributed by atoms with Gasteiger partial charge in [-0.15, -0.1) is 0 Å². The van der Waals surface area contributed by atoms with Crippen molar-refractivity contribution in [2.75, 3.05) is 12.0 Å². The Labute approximate surface area is 165 Å². The second kappa shape index (κ2) is 7.27. The lowest BCUT2D eigenvalue weighted by Crippen LogP contribution is -2.40. The first kappa shape index (κ1) is 18.5. The molecule has 1 atom stereocenters. The second-order valence-corrected chi connectivity index (χ2v) is 7.63. The molecule has 1 heterocycles. The Kier molecular flexibility index (Phi) is 4.80. The maximum atomic E-state index is 13.3. The third kappa shape index (κ3) is 3.03. The minimum atomic E-state index is -0.241. The van der Waals surface area contributed by atoms with Crippen LogP contribution in [0.25, 0.3) is 0 Å². The number of methoxy groups -OCH3 is 1. The minimum Gasteiger partial charge on any atom is -0.496 e. The standard InChI is InChI=1S/C24H25NO3/c1-15-11-12-17(13-16(15)2)25-20-8-6-9-21(26)24(20)19(14-23(25)27)18-7-4-5-10-22(18)28-3/h4-5,7,10-13,19H,6,8-9,14H2,1-3H3. The van der Waals surface area contributed by atoms with E-state index in [0.717, 1.165) is 46.7 Å². The number of rotatable bonds is 3. The quantitative estimate of drug-likeness (QED) is 0.771. The molecule has 1 aliphatic carbocycles. The molecule has 2 aromatic rings. The van der Waals surface area contributed by atoms with Gasteiger partial charge in [0.1, 0.15) is 5.75 Å². The first-order chi connectivity index (χ1) is 13.5. The summed E-state index contributed by atoms with van der Waals surface area (Å²) in [4.78, 5) is 28.0. The van der Waals surface area contributed by atoms with Gasteiger partial charge < -0.3 is 4.74 Å². The van der Waals surface area contributed by atoms with Crippen molar-refractivity contribution >= 4 is 17.4 Å². The van der Waals surface area contributed by atoms with Gasteiger partial charge in [-0.1, -0.05) is 24.3 Å². The van der Waals surface area contributed by atoms with Crippen molar-refractivity contribution < 1.29 is 14.3 Å². The molecule has 1 unspecified atom stereocenters. The molecule has 0 N–H and O–H groups in total. The lowest BCUT2D eigenvalue weighted by atomic mass is 9.77. The number of ether oxygens (including phenoxy) is 1. The van der Waals surface area contributed by atoms with Crippen molar-refractivity contribution in [2.24, 2.45) is 0 Å². The van der Waals surface area contributed by atoms with E-state index in [2.05, 4.69) is 6.92 Å². The van der Waals surface area contributed by atoms with Crippen LogP contribution in [0.5, 0.6) is 5.75 Å². The van der Waals surface area contributed by atoms with Gasteiger partial charge in [-0.3, -0.25) is 14.5 Å². The van der Waals surface area contributed by atoms with Gasteiger partial charge in [-0.05, 0) is 56.0 Å². The van der Waals surface area contributed by atoms with Crippen LogP contribution >= 0.6 is 0 Å². The molecular formula is C24H25NO3. The fraction of sp³-hybridized carbons (Fsp3) is 0.333. The van der Waals surface area contributed by atoms with Crippen LogP contribution in [0.4, 0.5) is 5.69 Å². The number of hydrogen-bond acceptors (Lipinski definition) is 3. The van der Waals surface area contributed by atoms with Gasteiger partial charge in [0.25, 0.3) is 0 Å². The smallest absolute Gasteiger partial charge is 0.232 e. The predicted octanol–water partition coefficient (Wildman–Crippen LogP) is 4.84. The number of hydrogen-bond donors (Lipinski definition) is 0. The molecule has 28 heavy (non-hydrogen) atoms. The summed E-state index contributed by atoms with van der Waals surface area (Å²) in [5.41, 5.74) is 5.75. The molecule has 0 aromatic heterocycles. The zero-order valence-corrected chi connectivity index (χ0v) is 16.6. The Morgan fingerprint density at radius 1 is 1.00 bits per heavy atom. The fourth-order valence-corrected chi connectivity index (χ4v) is 4.38. The number of allylic oxidation sites excluding steroid dienone is 2. The van der Waals surface area contributed by atoms with E-state index in [1.807, 2.05) is 49.4 Å². The Morgan fingerprint density at radius 3 is 2.54 bits per heavy atom. The number of benzene rings is 2. The lowest BCUT2D eigenvalue weighted by molar-refractivity contribution is -0.119. The zero-order valence-electron chi connectivity index (χ0n) is 16.6. The molecular weight excluding hydrogens is 350 g/mol. The number of anilines is 1. The van der Waals surface area contributed by atoms with E-state index in [1.165, 1.54) is 5.56 Å². The zero-order chi connectivity index (χ0) is 19.8. The number of carbonyl (C=O) groups excluding carboxylic acids is 2. The normalized spacial score (nSPS) is 19.7. The van der Waals surface area contributed by atoms with Crippen LogP contribution in [0.2, 0.25) is 0 Å². The molecule has 4 rings (SSSR count). The Balaban J connectivity index is 1.88. The highest BCUT2D eigenvalue weighted by Crippen LogP contribution is 2.45. The maximum Gasteiger partial charge on any atom is 0.232 e. The molecule has 144 valence electrons. The molecule has 4 heteroatoms. The fourth-order valence-electron chi connectivity index (χ4n) is 4.38. The van der Waals surface area contributed by atoms with Crippen LogP contribution in [0.1, 0.15) is 48.3 Å². The number of aryl methyl sites for hydroxylation is 2. The van der Waals surface area contributed by atoms with E-state index < -0.39 is 0 Å². The predicted molar refractivity (Wildman–Crippen MR) is 110 cm³/mol. The molecule has 2 aliphatic rings. The summed E-state index contributed by atoms with van der Waals surface area (Å²) in [5.74, 6) is 0.672. The Morgan fingerprint density at radius 2 is 1.79 bits per heavy atom. The highest BCUT2D eigenvalue weighted by atomic mass is 16.5. The SMILES string of the molecule is COc1ccccc1C1CC(=O)N(c2ccc(C)c(C)c2)C2=C1C(=O)CCC2. The summed E-state index contributed by atoms with van der Waals surface area (Å²) in [5, 5.41) is 0. The van der Waals surface area contributed by atoms with E-state index >= 15 is 0 Å². The van der Waals surface area contributed by atoms with Gasteiger partial charge in [-0.25, -0.2) is 0 Å². The molecule has 0 spiro atoms. The number of carbonyl (C=O) groups is 2. The number of para-hydroxylation sites is 1. The molecule has 0 saturated carbocycles. The highest BCUT2D eigenvalue weighted by Gasteiger charge is 2.40. The van der Waals surface area contributed by atoms with Gasteiger partial charge in [-0.2, -0.15) is 0 Å². The summed E-state index contributed by atoms with van der Waals surface area (Å²) in [6, 6.07) is 13.8. The van der Waals surface area contributed by atoms with Gasteiger partial charge >= 0.3 is 0 Å².